The minimum Gasteiger partial charge on any atom is -0.478 e. The molecule has 0 saturated heterocycles. The average molecular weight is 265 g/mol. The molecule has 0 aromatic heterocycles. The highest BCUT2D eigenvalue weighted by molar-refractivity contribution is 6.33. The van der Waals surface area contributed by atoms with Crippen LogP contribution in [0.1, 0.15) is 12.0 Å². The molecule has 0 atom stereocenters. The first-order valence-corrected chi connectivity index (χ1v) is 5.71. The van der Waals surface area contributed by atoms with Gasteiger partial charge in [0.1, 0.15) is 0 Å². The maximum Gasteiger partial charge on any atom is 0.328 e. The SMILES string of the molecule is CN(CCC#N)c1c(Cl)cccc1/C=C/C(=O)O. The maximum atomic E-state index is 10.5. The summed E-state index contributed by atoms with van der Waals surface area (Å²) in [6, 6.07) is 7.33. The van der Waals surface area contributed by atoms with Crippen molar-refractivity contribution in [1.82, 2.24) is 0 Å². The number of carbonyl (C=O) groups is 1. The van der Waals surface area contributed by atoms with Gasteiger partial charge in [-0.2, -0.15) is 5.26 Å². The molecule has 0 unspecified atom stereocenters. The molecule has 1 aromatic rings. The molecule has 18 heavy (non-hydrogen) atoms. The molecule has 94 valence electrons. The zero-order chi connectivity index (χ0) is 13.5. The number of nitrogens with zero attached hydrogens (tertiary/aromatic N) is 2. The zero-order valence-electron chi connectivity index (χ0n) is 9.93. The molecule has 0 saturated carbocycles. The molecule has 4 nitrogen and oxygen atoms in total. The van der Waals surface area contributed by atoms with Crippen LogP contribution in [0.5, 0.6) is 0 Å². The molecule has 0 aliphatic carbocycles. The summed E-state index contributed by atoms with van der Waals surface area (Å²) in [5.74, 6) is -1.01. The molecule has 0 fully saturated rings. The Kier molecular flexibility index (Phi) is 5.22. The van der Waals surface area contributed by atoms with Crippen LogP contribution >= 0.6 is 11.6 Å². The van der Waals surface area contributed by atoms with Crippen LogP contribution in [0.3, 0.4) is 0 Å². The molecule has 0 heterocycles. The van der Waals surface area contributed by atoms with Crippen LogP contribution in [0.4, 0.5) is 5.69 Å². The highest BCUT2D eigenvalue weighted by Gasteiger charge is 2.09. The number of rotatable bonds is 5. The second-order valence-corrected chi connectivity index (χ2v) is 4.09. The smallest absolute Gasteiger partial charge is 0.328 e. The Bertz CT molecular complexity index is 506. The van der Waals surface area contributed by atoms with Gasteiger partial charge < -0.3 is 10.0 Å². The second-order valence-electron chi connectivity index (χ2n) is 3.68. The lowest BCUT2D eigenvalue weighted by molar-refractivity contribution is -0.131. The summed E-state index contributed by atoms with van der Waals surface area (Å²) in [6.07, 6.45) is 2.93. The third-order valence-corrected chi connectivity index (χ3v) is 2.67. The van der Waals surface area contributed by atoms with Crippen molar-refractivity contribution in [2.24, 2.45) is 0 Å². The number of hydrogen-bond acceptors (Lipinski definition) is 3. The summed E-state index contributed by atoms with van der Waals surface area (Å²) in [4.78, 5) is 12.4. The Hall–Kier alpha value is -1.99. The van der Waals surface area contributed by atoms with Gasteiger partial charge in [-0.15, -0.1) is 0 Å². The van der Waals surface area contributed by atoms with Crippen LogP contribution in [-0.2, 0) is 4.79 Å². The Morgan fingerprint density at radius 1 is 1.61 bits per heavy atom. The molecule has 0 aliphatic rings. The van der Waals surface area contributed by atoms with Crippen molar-refractivity contribution >= 4 is 29.3 Å². The van der Waals surface area contributed by atoms with E-state index in [0.717, 1.165) is 11.8 Å². The minimum absolute atomic E-state index is 0.379. The van der Waals surface area contributed by atoms with Crippen molar-refractivity contribution in [2.75, 3.05) is 18.5 Å². The minimum atomic E-state index is -1.01. The Labute approximate surface area is 111 Å². The van der Waals surface area contributed by atoms with Gasteiger partial charge in [0.2, 0.25) is 0 Å². The number of aliphatic carboxylic acids is 1. The van der Waals surface area contributed by atoms with Gasteiger partial charge in [-0.3, -0.25) is 0 Å². The van der Waals surface area contributed by atoms with Crippen molar-refractivity contribution in [2.45, 2.75) is 6.42 Å². The van der Waals surface area contributed by atoms with E-state index >= 15 is 0 Å². The number of anilines is 1. The lowest BCUT2D eigenvalue weighted by Gasteiger charge is -2.21. The first-order chi connectivity index (χ1) is 8.56. The number of para-hydroxylation sites is 1. The van der Waals surface area contributed by atoms with E-state index in [1.165, 1.54) is 6.08 Å². The maximum absolute atomic E-state index is 10.5. The fourth-order valence-electron chi connectivity index (χ4n) is 1.56. The number of halogens is 1. The predicted octanol–water partition coefficient (Wildman–Crippen LogP) is 2.79. The third kappa shape index (κ3) is 3.79. The number of hydrogen-bond donors (Lipinski definition) is 1. The molecule has 1 N–H and O–H groups in total. The van der Waals surface area contributed by atoms with E-state index in [2.05, 4.69) is 6.07 Å². The molecule has 0 aliphatic heterocycles. The summed E-state index contributed by atoms with van der Waals surface area (Å²) >= 11 is 6.11. The van der Waals surface area contributed by atoms with Crippen LogP contribution in [-0.4, -0.2) is 24.7 Å². The fourth-order valence-corrected chi connectivity index (χ4v) is 1.89. The van der Waals surface area contributed by atoms with Gasteiger partial charge in [0.05, 0.1) is 23.2 Å². The average Bonchev–Trinajstić information content (AvgIpc) is 2.33. The molecule has 1 rings (SSSR count). The number of nitriles is 1. The summed E-state index contributed by atoms with van der Waals surface area (Å²) in [5, 5.41) is 17.7. The molecule has 1 aromatic carbocycles. The topological polar surface area (TPSA) is 64.3 Å². The number of benzene rings is 1. The third-order valence-electron chi connectivity index (χ3n) is 2.36. The van der Waals surface area contributed by atoms with Crippen LogP contribution in [0.25, 0.3) is 6.08 Å². The zero-order valence-corrected chi connectivity index (χ0v) is 10.7. The van der Waals surface area contributed by atoms with Crippen LogP contribution < -0.4 is 4.90 Å². The molecular weight excluding hydrogens is 252 g/mol. The Balaban J connectivity index is 3.08. The van der Waals surface area contributed by atoms with Gasteiger partial charge in [-0.1, -0.05) is 23.7 Å². The fraction of sp³-hybridized carbons (Fsp3) is 0.231. The van der Waals surface area contributed by atoms with Gasteiger partial charge >= 0.3 is 5.97 Å². The van der Waals surface area contributed by atoms with E-state index in [4.69, 9.17) is 22.0 Å². The van der Waals surface area contributed by atoms with E-state index in [0.29, 0.717) is 23.6 Å². The molecule has 5 heteroatoms. The van der Waals surface area contributed by atoms with Gasteiger partial charge in [-0.25, -0.2) is 4.79 Å². The quantitative estimate of drug-likeness (QED) is 0.831. The van der Waals surface area contributed by atoms with Gasteiger partial charge in [0, 0.05) is 19.7 Å². The highest BCUT2D eigenvalue weighted by Crippen LogP contribution is 2.30. The van der Waals surface area contributed by atoms with E-state index < -0.39 is 5.97 Å². The van der Waals surface area contributed by atoms with E-state index in [9.17, 15) is 4.79 Å². The van der Waals surface area contributed by atoms with Crippen LogP contribution in [0, 0.1) is 11.3 Å². The molecule has 0 spiro atoms. The second kappa shape index (κ2) is 6.67. The van der Waals surface area contributed by atoms with E-state index in [-0.39, 0.29) is 0 Å². The molecule has 0 amide bonds. The number of carboxylic acids is 1. The molecular formula is C13H13ClN2O2. The molecule has 0 bridgehead atoms. The largest absolute Gasteiger partial charge is 0.478 e. The van der Waals surface area contributed by atoms with Crippen molar-refractivity contribution in [3.05, 3.63) is 34.9 Å². The summed E-state index contributed by atoms with van der Waals surface area (Å²) in [6.45, 7) is 0.536. The summed E-state index contributed by atoms with van der Waals surface area (Å²) < 4.78 is 0. The Morgan fingerprint density at radius 3 is 2.94 bits per heavy atom. The first-order valence-electron chi connectivity index (χ1n) is 5.34. The lowest BCUT2D eigenvalue weighted by atomic mass is 10.1. The normalized spacial score (nSPS) is 10.3. The van der Waals surface area contributed by atoms with Gasteiger partial charge in [0.25, 0.3) is 0 Å². The van der Waals surface area contributed by atoms with E-state index in [1.54, 1.807) is 18.2 Å². The van der Waals surface area contributed by atoms with Crippen molar-refractivity contribution in [3.63, 3.8) is 0 Å². The highest BCUT2D eigenvalue weighted by atomic mass is 35.5. The van der Waals surface area contributed by atoms with Crippen LogP contribution in [0.2, 0.25) is 5.02 Å². The van der Waals surface area contributed by atoms with Crippen LogP contribution in [0.15, 0.2) is 24.3 Å². The van der Waals surface area contributed by atoms with Crippen molar-refractivity contribution in [3.8, 4) is 6.07 Å². The van der Waals surface area contributed by atoms with Gasteiger partial charge in [-0.05, 0) is 17.7 Å². The lowest BCUT2D eigenvalue weighted by Crippen LogP contribution is -2.19. The van der Waals surface area contributed by atoms with E-state index in [1.807, 2.05) is 11.9 Å². The Morgan fingerprint density at radius 2 is 2.33 bits per heavy atom. The standard InChI is InChI=1S/C13H13ClN2O2/c1-16(9-3-8-15)13-10(6-7-12(17)18)4-2-5-11(13)14/h2,4-7H,3,9H2,1H3,(H,17,18)/b7-6+. The van der Waals surface area contributed by atoms with Gasteiger partial charge in [0.15, 0.2) is 0 Å². The monoisotopic (exact) mass is 264 g/mol. The number of carboxylic acid groups (broad SMARTS) is 1. The first kappa shape index (κ1) is 14.1. The molecule has 0 radical (unpaired) electrons. The van der Waals surface area contributed by atoms with Crippen molar-refractivity contribution in [1.29, 1.82) is 5.26 Å². The summed E-state index contributed by atoms with van der Waals surface area (Å²) in [7, 11) is 1.82. The predicted molar refractivity (Wildman–Crippen MR) is 71.6 cm³/mol. The summed E-state index contributed by atoms with van der Waals surface area (Å²) in [5.41, 5.74) is 1.44. The van der Waals surface area contributed by atoms with Crippen molar-refractivity contribution < 1.29 is 9.90 Å².